The Kier molecular flexibility index (Phi) is 2.30. The van der Waals surface area contributed by atoms with Crippen LogP contribution in [0.4, 0.5) is 5.69 Å². The van der Waals surface area contributed by atoms with E-state index in [0.29, 0.717) is 5.69 Å². The monoisotopic (exact) mass is 239 g/mol. The Morgan fingerprint density at radius 2 is 1.89 bits per heavy atom. The fourth-order valence-electron chi connectivity index (χ4n) is 2.08. The first-order valence-electron chi connectivity index (χ1n) is 5.73. The van der Waals surface area contributed by atoms with Crippen molar-refractivity contribution < 1.29 is 4.42 Å². The molecule has 0 aliphatic carbocycles. The average molecular weight is 239 g/mol. The summed E-state index contributed by atoms with van der Waals surface area (Å²) >= 11 is 0. The molecule has 90 valence electrons. The molecule has 2 N–H and O–H groups in total. The van der Waals surface area contributed by atoms with Crippen LogP contribution in [0.5, 0.6) is 0 Å². The molecule has 4 nitrogen and oxygen atoms in total. The molecule has 18 heavy (non-hydrogen) atoms. The molecule has 0 aliphatic rings. The number of hydrogen-bond acceptors (Lipinski definition) is 4. The molecule has 0 unspecified atom stereocenters. The number of aryl methyl sites for hydroxylation is 2. The highest BCUT2D eigenvalue weighted by Gasteiger charge is 2.09. The third kappa shape index (κ3) is 1.54. The minimum atomic E-state index is 0.627. The summed E-state index contributed by atoms with van der Waals surface area (Å²) in [5.41, 5.74) is 10.5. The molecule has 3 rings (SSSR count). The van der Waals surface area contributed by atoms with Crippen molar-refractivity contribution in [1.82, 2.24) is 10.2 Å². The second-order valence-electron chi connectivity index (χ2n) is 4.35. The Bertz CT molecular complexity index is 731. The number of aromatic nitrogens is 2. The lowest BCUT2D eigenvalue weighted by Crippen LogP contribution is -1.93. The van der Waals surface area contributed by atoms with Crippen LogP contribution in [0.3, 0.4) is 0 Å². The van der Waals surface area contributed by atoms with Gasteiger partial charge in [-0.3, -0.25) is 0 Å². The first-order valence-corrected chi connectivity index (χ1v) is 5.73. The minimum absolute atomic E-state index is 0.627. The van der Waals surface area contributed by atoms with Crippen molar-refractivity contribution in [1.29, 1.82) is 0 Å². The standard InChI is InChI=1S/C14H13N3O/c1-8-9(2)18-14-4-3-10(5-11(8)14)12-6-16-17-7-13(12)15/h3-7H,1-2H3,(H2,15,16). The second-order valence-corrected chi connectivity index (χ2v) is 4.35. The van der Waals surface area contributed by atoms with Gasteiger partial charge in [-0.25, -0.2) is 0 Å². The highest BCUT2D eigenvalue weighted by molar-refractivity contribution is 5.88. The van der Waals surface area contributed by atoms with Crippen LogP contribution in [0, 0.1) is 13.8 Å². The predicted octanol–water partition coefficient (Wildman–Crippen LogP) is 3.09. The normalized spacial score (nSPS) is 11.0. The zero-order valence-electron chi connectivity index (χ0n) is 10.3. The van der Waals surface area contributed by atoms with E-state index in [9.17, 15) is 0 Å². The summed E-state index contributed by atoms with van der Waals surface area (Å²) in [7, 11) is 0. The SMILES string of the molecule is Cc1oc2ccc(-c3cnncc3N)cc2c1C. The number of nitrogens with two attached hydrogens (primary N) is 1. The molecule has 0 saturated heterocycles. The van der Waals surface area contributed by atoms with Crippen molar-refractivity contribution in [2.24, 2.45) is 0 Å². The second kappa shape index (κ2) is 3.84. The van der Waals surface area contributed by atoms with Gasteiger partial charge in [0.15, 0.2) is 0 Å². The maximum atomic E-state index is 5.91. The van der Waals surface area contributed by atoms with E-state index in [-0.39, 0.29) is 0 Å². The van der Waals surface area contributed by atoms with E-state index in [1.165, 1.54) is 0 Å². The number of hydrogen-bond donors (Lipinski definition) is 1. The summed E-state index contributed by atoms with van der Waals surface area (Å²) in [6.45, 7) is 4.02. The summed E-state index contributed by atoms with van der Waals surface area (Å²) in [5.74, 6) is 0.947. The van der Waals surface area contributed by atoms with Crippen molar-refractivity contribution >= 4 is 16.7 Å². The van der Waals surface area contributed by atoms with Crippen molar-refractivity contribution in [3.05, 3.63) is 41.9 Å². The van der Waals surface area contributed by atoms with Crippen molar-refractivity contribution in [3.8, 4) is 11.1 Å². The lowest BCUT2D eigenvalue weighted by molar-refractivity contribution is 0.575. The Balaban J connectivity index is 2.25. The topological polar surface area (TPSA) is 64.9 Å². The summed E-state index contributed by atoms with van der Waals surface area (Å²) in [6, 6.07) is 6.02. The van der Waals surface area contributed by atoms with Crippen molar-refractivity contribution in [2.75, 3.05) is 5.73 Å². The molecule has 0 amide bonds. The third-order valence-electron chi connectivity index (χ3n) is 3.25. The van der Waals surface area contributed by atoms with Crippen LogP contribution in [-0.4, -0.2) is 10.2 Å². The van der Waals surface area contributed by atoms with Gasteiger partial charge in [0, 0.05) is 10.9 Å². The Morgan fingerprint density at radius 3 is 2.67 bits per heavy atom. The Morgan fingerprint density at radius 1 is 1.11 bits per heavy atom. The van der Waals surface area contributed by atoms with Gasteiger partial charge < -0.3 is 10.2 Å². The maximum Gasteiger partial charge on any atom is 0.134 e. The lowest BCUT2D eigenvalue weighted by atomic mass is 10.0. The third-order valence-corrected chi connectivity index (χ3v) is 3.25. The van der Waals surface area contributed by atoms with E-state index in [2.05, 4.69) is 23.2 Å². The fourth-order valence-corrected chi connectivity index (χ4v) is 2.08. The molecule has 0 fully saturated rings. The van der Waals surface area contributed by atoms with E-state index in [1.54, 1.807) is 12.4 Å². The van der Waals surface area contributed by atoms with Gasteiger partial charge in [-0.15, -0.1) is 0 Å². The minimum Gasteiger partial charge on any atom is -0.461 e. The Hall–Kier alpha value is -2.36. The number of anilines is 1. The van der Waals surface area contributed by atoms with E-state index in [0.717, 1.165) is 33.4 Å². The fraction of sp³-hybridized carbons (Fsp3) is 0.143. The summed E-state index contributed by atoms with van der Waals surface area (Å²) < 4.78 is 5.66. The quantitative estimate of drug-likeness (QED) is 0.708. The van der Waals surface area contributed by atoms with Gasteiger partial charge in [0.2, 0.25) is 0 Å². The molecule has 0 radical (unpaired) electrons. The van der Waals surface area contributed by atoms with Crippen LogP contribution in [0.2, 0.25) is 0 Å². The van der Waals surface area contributed by atoms with Crippen molar-refractivity contribution in [2.45, 2.75) is 13.8 Å². The highest BCUT2D eigenvalue weighted by atomic mass is 16.3. The van der Waals surface area contributed by atoms with Gasteiger partial charge in [0.05, 0.1) is 18.1 Å². The summed E-state index contributed by atoms with van der Waals surface area (Å²) in [6.07, 6.45) is 3.24. The largest absolute Gasteiger partial charge is 0.461 e. The summed E-state index contributed by atoms with van der Waals surface area (Å²) in [4.78, 5) is 0. The molecule has 1 aromatic carbocycles. The number of nitrogen functional groups attached to an aromatic ring is 1. The van der Waals surface area contributed by atoms with E-state index in [4.69, 9.17) is 10.2 Å². The van der Waals surface area contributed by atoms with Crippen LogP contribution in [0.15, 0.2) is 35.0 Å². The number of rotatable bonds is 1. The van der Waals surface area contributed by atoms with Crippen LogP contribution >= 0.6 is 0 Å². The van der Waals surface area contributed by atoms with E-state index in [1.807, 2.05) is 19.1 Å². The molecule has 2 heterocycles. The van der Waals surface area contributed by atoms with E-state index >= 15 is 0 Å². The predicted molar refractivity (Wildman–Crippen MR) is 71.1 cm³/mol. The van der Waals surface area contributed by atoms with Gasteiger partial charge in [0.25, 0.3) is 0 Å². The molecule has 0 spiro atoms. The molecule has 2 aromatic heterocycles. The number of furan rings is 1. The molecule has 0 atom stereocenters. The zero-order valence-corrected chi connectivity index (χ0v) is 10.3. The maximum absolute atomic E-state index is 5.91. The van der Waals surface area contributed by atoms with Gasteiger partial charge >= 0.3 is 0 Å². The molecule has 4 heteroatoms. The lowest BCUT2D eigenvalue weighted by Gasteiger charge is -2.04. The number of benzene rings is 1. The number of nitrogens with zero attached hydrogens (tertiary/aromatic N) is 2. The molecule has 3 aromatic rings. The molecular formula is C14H13N3O. The summed E-state index contributed by atoms with van der Waals surface area (Å²) in [5, 5.41) is 8.75. The Labute approximate surface area is 104 Å². The molecule has 0 bridgehead atoms. The van der Waals surface area contributed by atoms with Gasteiger partial charge in [0.1, 0.15) is 11.3 Å². The van der Waals surface area contributed by atoms with Crippen LogP contribution in [0.25, 0.3) is 22.1 Å². The van der Waals surface area contributed by atoms with Crippen molar-refractivity contribution in [3.63, 3.8) is 0 Å². The smallest absolute Gasteiger partial charge is 0.134 e. The van der Waals surface area contributed by atoms with Gasteiger partial charge in [-0.05, 0) is 37.1 Å². The highest BCUT2D eigenvalue weighted by Crippen LogP contribution is 2.31. The first kappa shape index (κ1) is 10.8. The van der Waals surface area contributed by atoms with Crippen LogP contribution in [0.1, 0.15) is 11.3 Å². The number of fused-ring (bicyclic) bond motifs is 1. The first-order chi connectivity index (χ1) is 8.66. The molecular weight excluding hydrogens is 226 g/mol. The molecule has 0 saturated carbocycles. The zero-order chi connectivity index (χ0) is 12.7. The van der Waals surface area contributed by atoms with Gasteiger partial charge in [-0.1, -0.05) is 6.07 Å². The van der Waals surface area contributed by atoms with Crippen LogP contribution < -0.4 is 5.73 Å². The van der Waals surface area contributed by atoms with E-state index < -0.39 is 0 Å². The van der Waals surface area contributed by atoms with Gasteiger partial charge in [-0.2, -0.15) is 10.2 Å². The van der Waals surface area contributed by atoms with Crippen LogP contribution in [-0.2, 0) is 0 Å². The average Bonchev–Trinajstić information content (AvgIpc) is 2.66. The molecule has 0 aliphatic heterocycles.